The summed E-state index contributed by atoms with van der Waals surface area (Å²) in [6, 6.07) is 0. The van der Waals surface area contributed by atoms with E-state index in [1.807, 2.05) is 34.9 Å². The summed E-state index contributed by atoms with van der Waals surface area (Å²) >= 11 is 0. The van der Waals surface area contributed by atoms with Crippen LogP contribution in [0.25, 0.3) is 17.3 Å². The Morgan fingerprint density at radius 1 is 1.16 bits per heavy atom. The number of aromatic nitrogens is 6. The lowest BCUT2D eigenvalue weighted by Gasteiger charge is -2.16. The summed E-state index contributed by atoms with van der Waals surface area (Å²) in [5.74, 6) is 0.644. The van der Waals surface area contributed by atoms with Gasteiger partial charge in [-0.15, -0.1) is 0 Å². The first kappa shape index (κ1) is 10.4. The maximum absolute atomic E-state index is 4.68. The third-order valence-electron chi connectivity index (χ3n) is 3.49. The normalized spacial score (nSPS) is 13.1. The molecule has 3 aromatic heterocycles. The van der Waals surface area contributed by atoms with Gasteiger partial charge in [0.15, 0.2) is 0 Å². The fourth-order valence-electron chi connectivity index (χ4n) is 2.53. The second kappa shape index (κ2) is 3.74. The molecule has 3 aromatic rings. The van der Waals surface area contributed by atoms with E-state index in [4.69, 9.17) is 0 Å². The first-order valence-corrected chi connectivity index (χ1v) is 6.18. The highest BCUT2D eigenvalue weighted by Gasteiger charge is 2.22. The van der Waals surface area contributed by atoms with Crippen LogP contribution in [0.2, 0.25) is 0 Å². The molecule has 94 valence electrons. The Morgan fingerprint density at radius 2 is 2.05 bits per heavy atom. The van der Waals surface area contributed by atoms with Gasteiger partial charge in [0.1, 0.15) is 6.33 Å². The van der Waals surface area contributed by atoms with Crippen LogP contribution < -0.4 is 0 Å². The zero-order chi connectivity index (χ0) is 12.8. The maximum Gasteiger partial charge on any atom is 0.235 e. The van der Waals surface area contributed by atoms with Gasteiger partial charge in [0.25, 0.3) is 0 Å². The van der Waals surface area contributed by atoms with Crippen molar-refractivity contribution in [1.29, 1.82) is 0 Å². The van der Waals surface area contributed by atoms with Crippen LogP contribution in [0.4, 0.5) is 0 Å². The highest BCUT2D eigenvalue weighted by atomic mass is 15.3. The molecule has 19 heavy (non-hydrogen) atoms. The summed E-state index contributed by atoms with van der Waals surface area (Å²) in [5.41, 5.74) is 4.52. The van der Waals surface area contributed by atoms with Gasteiger partial charge in [-0.25, -0.2) is 15.0 Å². The summed E-state index contributed by atoms with van der Waals surface area (Å²) in [4.78, 5) is 13.1. The van der Waals surface area contributed by atoms with Gasteiger partial charge in [0, 0.05) is 25.6 Å². The average Bonchev–Trinajstić information content (AvgIpc) is 3.08. The largest absolute Gasteiger partial charge is 0.274 e. The standard InChI is InChI=1S/C13H12N6/c1-18-12-10(7-16-18)3-2-9-6-15-13(17-11(9)12)19-5-4-14-8-19/h4-8H,2-3H2,1H3. The molecule has 1 aliphatic carbocycles. The Balaban J connectivity index is 1.94. The number of nitrogens with zero attached hydrogens (tertiary/aromatic N) is 6. The minimum atomic E-state index is 0.644. The molecule has 0 fully saturated rings. The molecule has 0 unspecified atom stereocenters. The minimum Gasteiger partial charge on any atom is -0.274 e. The number of hydrogen-bond donors (Lipinski definition) is 0. The van der Waals surface area contributed by atoms with E-state index in [9.17, 15) is 0 Å². The first-order valence-electron chi connectivity index (χ1n) is 6.18. The van der Waals surface area contributed by atoms with Gasteiger partial charge in [-0.2, -0.15) is 5.10 Å². The van der Waals surface area contributed by atoms with Crippen LogP contribution in [0.5, 0.6) is 0 Å². The highest BCUT2D eigenvalue weighted by molar-refractivity contribution is 5.65. The topological polar surface area (TPSA) is 61.4 Å². The lowest BCUT2D eigenvalue weighted by molar-refractivity contribution is 0.763. The molecule has 4 rings (SSSR count). The molecule has 1 aliphatic rings. The SMILES string of the molecule is Cn1ncc2c1-c1nc(-n3ccnc3)ncc1CC2. The van der Waals surface area contributed by atoms with Crippen molar-refractivity contribution in [1.82, 2.24) is 29.3 Å². The molecule has 0 atom stereocenters. The Labute approximate surface area is 109 Å². The predicted molar refractivity (Wildman–Crippen MR) is 68.8 cm³/mol. The second-order valence-corrected chi connectivity index (χ2v) is 4.66. The molecular formula is C13H12N6. The summed E-state index contributed by atoms with van der Waals surface area (Å²) in [7, 11) is 1.95. The average molecular weight is 252 g/mol. The smallest absolute Gasteiger partial charge is 0.235 e. The zero-order valence-corrected chi connectivity index (χ0v) is 10.5. The van der Waals surface area contributed by atoms with E-state index in [2.05, 4.69) is 20.1 Å². The summed E-state index contributed by atoms with van der Waals surface area (Å²) in [5, 5.41) is 4.33. The first-order chi connectivity index (χ1) is 9.33. The number of hydrogen-bond acceptors (Lipinski definition) is 4. The third-order valence-corrected chi connectivity index (χ3v) is 3.49. The molecule has 0 spiro atoms. The van der Waals surface area contributed by atoms with Crippen molar-refractivity contribution in [3.05, 3.63) is 42.2 Å². The molecule has 3 heterocycles. The van der Waals surface area contributed by atoms with Crippen LogP contribution in [0.3, 0.4) is 0 Å². The molecule has 6 nitrogen and oxygen atoms in total. The molecule has 0 aromatic carbocycles. The van der Waals surface area contributed by atoms with Gasteiger partial charge in [0.2, 0.25) is 5.95 Å². The Morgan fingerprint density at radius 3 is 2.89 bits per heavy atom. The Kier molecular flexibility index (Phi) is 2.05. The van der Waals surface area contributed by atoms with Crippen LogP contribution >= 0.6 is 0 Å². The molecule has 0 radical (unpaired) electrons. The van der Waals surface area contributed by atoms with E-state index in [1.54, 1.807) is 12.5 Å². The van der Waals surface area contributed by atoms with Crippen molar-refractivity contribution in [2.75, 3.05) is 0 Å². The van der Waals surface area contributed by atoms with Gasteiger partial charge in [-0.05, 0) is 24.0 Å². The lowest BCUT2D eigenvalue weighted by atomic mass is 9.95. The fourth-order valence-corrected chi connectivity index (χ4v) is 2.53. The molecule has 0 bridgehead atoms. The number of rotatable bonds is 1. The van der Waals surface area contributed by atoms with E-state index < -0.39 is 0 Å². The van der Waals surface area contributed by atoms with Gasteiger partial charge in [-0.1, -0.05) is 0 Å². The lowest BCUT2D eigenvalue weighted by Crippen LogP contribution is -2.11. The fraction of sp³-hybridized carbons (Fsp3) is 0.231. The number of imidazole rings is 1. The van der Waals surface area contributed by atoms with Crippen molar-refractivity contribution in [2.24, 2.45) is 7.05 Å². The van der Waals surface area contributed by atoms with Crippen LogP contribution in [0, 0.1) is 0 Å². The van der Waals surface area contributed by atoms with Crippen LogP contribution in [0.1, 0.15) is 11.1 Å². The highest BCUT2D eigenvalue weighted by Crippen LogP contribution is 2.31. The van der Waals surface area contributed by atoms with Crippen molar-refractivity contribution >= 4 is 0 Å². The second-order valence-electron chi connectivity index (χ2n) is 4.66. The van der Waals surface area contributed by atoms with E-state index in [0.29, 0.717) is 5.95 Å². The third kappa shape index (κ3) is 1.49. The molecule has 0 saturated carbocycles. The predicted octanol–water partition coefficient (Wildman–Crippen LogP) is 1.16. The molecule has 0 N–H and O–H groups in total. The minimum absolute atomic E-state index is 0.644. The maximum atomic E-state index is 4.68. The van der Waals surface area contributed by atoms with Gasteiger partial charge in [-0.3, -0.25) is 9.25 Å². The van der Waals surface area contributed by atoms with E-state index in [1.165, 1.54) is 11.1 Å². The van der Waals surface area contributed by atoms with Gasteiger partial charge >= 0.3 is 0 Å². The van der Waals surface area contributed by atoms with Crippen molar-refractivity contribution in [3.8, 4) is 17.3 Å². The van der Waals surface area contributed by atoms with E-state index in [0.717, 1.165) is 24.2 Å². The monoisotopic (exact) mass is 252 g/mol. The van der Waals surface area contributed by atoms with E-state index >= 15 is 0 Å². The summed E-state index contributed by atoms with van der Waals surface area (Å²) in [6.45, 7) is 0. The van der Waals surface area contributed by atoms with Crippen molar-refractivity contribution < 1.29 is 0 Å². The molecule has 6 heteroatoms. The summed E-state index contributed by atoms with van der Waals surface area (Å²) in [6.07, 6.45) is 11.1. The van der Waals surface area contributed by atoms with Crippen LogP contribution in [-0.4, -0.2) is 29.3 Å². The quantitative estimate of drug-likeness (QED) is 0.652. The van der Waals surface area contributed by atoms with E-state index in [-0.39, 0.29) is 0 Å². The van der Waals surface area contributed by atoms with Crippen LogP contribution in [-0.2, 0) is 19.9 Å². The van der Waals surface area contributed by atoms with Crippen LogP contribution in [0.15, 0.2) is 31.1 Å². The number of aryl methyl sites for hydroxylation is 3. The summed E-state index contributed by atoms with van der Waals surface area (Å²) < 4.78 is 3.70. The Bertz CT molecular complexity index is 741. The molecule has 0 aliphatic heterocycles. The van der Waals surface area contributed by atoms with Gasteiger partial charge < -0.3 is 0 Å². The molecular weight excluding hydrogens is 240 g/mol. The Hall–Kier alpha value is -2.50. The van der Waals surface area contributed by atoms with Gasteiger partial charge in [0.05, 0.1) is 17.6 Å². The van der Waals surface area contributed by atoms with Crippen molar-refractivity contribution in [3.63, 3.8) is 0 Å². The van der Waals surface area contributed by atoms with Crippen molar-refractivity contribution in [2.45, 2.75) is 12.8 Å². The zero-order valence-electron chi connectivity index (χ0n) is 10.5. The number of fused-ring (bicyclic) bond motifs is 3. The molecule has 0 saturated heterocycles. The molecule has 0 amide bonds.